The van der Waals surface area contributed by atoms with E-state index in [9.17, 15) is 9.59 Å². The molecule has 0 atom stereocenters. The van der Waals surface area contributed by atoms with Crippen LogP contribution in [0.2, 0.25) is 0 Å². The van der Waals surface area contributed by atoms with Crippen molar-refractivity contribution >= 4 is 11.6 Å². The van der Waals surface area contributed by atoms with Crippen LogP contribution in [0.5, 0.6) is 11.8 Å². The molecular weight excluding hydrogens is 392 g/mol. The van der Waals surface area contributed by atoms with Crippen molar-refractivity contribution in [3.63, 3.8) is 0 Å². The molecule has 164 valence electrons. The molecule has 0 saturated carbocycles. The van der Waals surface area contributed by atoms with Crippen LogP contribution in [0, 0.1) is 11.8 Å². The van der Waals surface area contributed by atoms with E-state index in [2.05, 4.69) is 33.9 Å². The molecule has 2 fully saturated rings. The first-order chi connectivity index (χ1) is 15.0. The highest BCUT2D eigenvalue weighted by atomic mass is 16.5. The van der Waals surface area contributed by atoms with Gasteiger partial charge in [-0.2, -0.15) is 0 Å². The smallest absolute Gasteiger partial charge is 0.221 e. The van der Waals surface area contributed by atoms with E-state index in [0.29, 0.717) is 23.1 Å². The molecule has 2 aromatic rings. The Labute approximate surface area is 183 Å². The van der Waals surface area contributed by atoms with Crippen LogP contribution < -0.4 is 4.74 Å². The van der Waals surface area contributed by atoms with Crippen LogP contribution in [0.3, 0.4) is 0 Å². The van der Waals surface area contributed by atoms with Crippen LogP contribution in [0.1, 0.15) is 46.7 Å². The van der Waals surface area contributed by atoms with Gasteiger partial charge in [-0.15, -0.1) is 0 Å². The largest absolute Gasteiger partial charge is 0.421 e. The second kappa shape index (κ2) is 9.66. The van der Waals surface area contributed by atoms with Crippen LogP contribution in [0.15, 0.2) is 36.4 Å². The van der Waals surface area contributed by atoms with Gasteiger partial charge in [-0.3, -0.25) is 9.59 Å². The number of carbonyl (C=O) groups excluding carboxylic acids is 2. The zero-order valence-electron chi connectivity index (χ0n) is 18.3. The van der Waals surface area contributed by atoms with Crippen molar-refractivity contribution in [2.45, 2.75) is 25.7 Å². The number of carbonyl (C=O) groups is 2. The van der Waals surface area contributed by atoms with Crippen LogP contribution in [0.25, 0.3) is 0 Å². The second-order valence-corrected chi connectivity index (χ2v) is 8.71. The summed E-state index contributed by atoms with van der Waals surface area (Å²) in [6.07, 6.45) is 3.41. The van der Waals surface area contributed by atoms with Gasteiger partial charge in [0.15, 0.2) is 11.6 Å². The summed E-state index contributed by atoms with van der Waals surface area (Å²) in [5, 5.41) is 0. The fourth-order valence-electron chi connectivity index (χ4n) is 4.28. The lowest BCUT2D eigenvalue weighted by atomic mass is 9.91. The number of rotatable bonds is 6. The summed E-state index contributed by atoms with van der Waals surface area (Å²) in [7, 11) is 4.15. The van der Waals surface area contributed by atoms with Crippen molar-refractivity contribution in [3.05, 3.63) is 47.8 Å². The fraction of sp³-hybridized carbons (Fsp3) is 0.500. The number of pyridine rings is 2. The van der Waals surface area contributed by atoms with Crippen molar-refractivity contribution in [2.24, 2.45) is 11.8 Å². The Balaban J connectivity index is 1.44. The molecule has 0 amide bonds. The van der Waals surface area contributed by atoms with E-state index in [1.165, 1.54) is 0 Å². The highest BCUT2D eigenvalue weighted by Gasteiger charge is 2.27. The Morgan fingerprint density at radius 2 is 1.13 bits per heavy atom. The van der Waals surface area contributed by atoms with Crippen molar-refractivity contribution in [1.29, 1.82) is 0 Å². The molecule has 31 heavy (non-hydrogen) atoms. The molecule has 0 aliphatic carbocycles. The van der Waals surface area contributed by atoms with Gasteiger partial charge in [0.25, 0.3) is 0 Å². The molecule has 0 N–H and O–H groups in total. The molecule has 2 aliphatic heterocycles. The van der Waals surface area contributed by atoms with Crippen LogP contribution in [-0.2, 0) is 0 Å². The van der Waals surface area contributed by atoms with E-state index in [4.69, 9.17) is 4.74 Å². The van der Waals surface area contributed by atoms with Crippen molar-refractivity contribution in [3.8, 4) is 11.8 Å². The summed E-state index contributed by atoms with van der Waals surface area (Å²) in [4.78, 5) is 39.0. The Morgan fingerprint density at radius 1 is 0.742 bits per heavy atom. The summed E-state index contributed by atoms with van der Waals surface area (Å²) >= 11 is 0. The lowest BCUT2D eigenvalue weighted by Gasteiger charge is -2.27. The van der Waals surface area contributed by atoms with Gasteiger partial charge in [-0.1, -0.05) is 12.1 Å². The van der Waals surface area contributed by atoms with Crippen molar-refractivity contribution in [2.75, 3.05) is 40.3 Å². The maximum atomic E-state index is 12.9. The molecule has 7 heteroatoms. The maximum Gasteiger partial charge on any atom is 0.221 e. The van der Waals surface area contributed by atoms with Crippen LogP contribution in [0.4, 0.5) is 0 Å². The molecule has 0 bridgehead atoms. The topological polar surface area (TPSA) is 75.6 Å². The molecule has 4 rings (SSSR count). The van der Waals surface area contributed by atoms with Gasteiger partial charge < -0.3 is 14.5 Å². The molecule has 2 aliphatic rings. The van der Waals surface area contributed by atoms with Gasteiger partial charge in [-0.25, -0.2) is 9.97 Å². The lowest BCUT2D eigenvalue weighted by molar-refractivity contribution is 0.0845. The minimum Gasteiger partial charge on any atom is -0.421 e. The predicted molar refractivity (Wildman–Crippen MR) is 118 cm³/mol. The first kappa shape index (κ1) is 21.6. The van der Waals surface area contributed by atoms with E-state index >= 15 is 0 Å². The Bertz CT molecular complexity index is 856. The normalized spacial score (nSPS) is 19.3. The van der Waals surface area contributed by atoms with Crippen LogP contribution >= 0.6 is 0 Å². The zero-order chi connectivity index (χ0) is 21.8. The van der Waals surface area contributed by atoms with E-state index in [1.807, 2.05) is 0 Å². The van der Waals surface area contributed by atoms with Gasteiger partial charge in [0.1, 0.15) is 11.4 Å². The Morgan fingerprint density at radius 3 is 1.52 bits per heavy atom. The van der Waals surface area contributed by atoms with Gasteiger partial charge >= 0.3 is 0 Å². The number of piperidine rings is 2. The third kappa shape index (κ3) is 5.35. The number of hydrogen-bond donors (Lipinski definition) is 0. The number of hydrogen-bond acceptors (Lipinski definition) is 7. The molecule has 0 unspecified atom stereocenters. The number of likely N-dealkylation sites (tertiary alicyclic amines) is 2. The molecule has 2 saturated heterocycles. The molecule has 7 nitrogen and oxygen atoms in total. The second-order valence-electron chi connectivity index (χ2n) is 8.71. The van der Waals surface area contributed by atoms with E-state index in [0.717, 1.165) is 51.9 Å². The third-order valence-electron chi connectivity index (χ3n) is 6.34. The molecule has 0 radical (unpaired) electrons. The van der Waals surface area contributed by atoms with Crippen LogP contribution in [-0.4, -0.2) is 71.6 Å². The first-order valence-corrected chi connectivity index (χ1v) is 11.1. The minimum absolute atomic E-state index is 0.00700. The summed E-state index contributed by atoms with van der Waals surface area (Å²) in [5.74, 6) is 0.779. The first-order valence-electron chi connectivity index (χ1n) is 11.1. The van der Waals surface area contributed by atoms with E-state index < -0.39 is 0 Å². The Hall–Kier alpha value is -2.64. The molecule has 0 aromatic carbocycles. The number of ether oxygens (including phenoxy) is 1. The quantitative estimate of drug-likeness (QED) is 0.661. The number of ketones is 2. The summed E-state index contributed by atoms with van der Waals surface area (Å²) in [6.45, 7) is 3.70. The average molecular weight is 423 g/mol. The third-order valence-corrected chi connectivity index (χ3v) is 6.34. The maximum absolute atomic E-state index is 12.9. The van der Waals surface area contributed by atoms with Gasteiger partial charge in [0.2, 0.25) is 11.8 Å². The standard InChI is InChI=1S/C24H30N4O3/c1-27-13-9-17(10-14-27)23(29)19-5-3-7-21(25-19)31-22-8-4-6-20(26-22)24(30)18-11-15-28(2)16-12-18/h3-8,17-18H,9-16H2,1-2H3. The minimum atomic E-state index is 0.00700. The zero-order valence-corrected chi connectivity index (χ0v) is 18.3. The monoisotopic (exact) mass is 422 g/mol. The highest BCUT2D eigenvalue weighted by Crippen LogP contribution is 2.24. The SMILES string of the molecule is CN1CCC(C(=O)c2cccc(Oc3cccc(C(=O)C4CCN(C)CC4)n3)n2)CC1. The van der Waals surface area contributed by atoms with Gasteiger partial charge in [0, 0.05) is 24.0 Å². The van der Waals surface area contributed by atoms with Crippen molar-refractivity contribution in [1.82, 2.24) is 19.8 Å². The predicted octanol–water partition coefficient (Wildman–Crippen LogP) is 3.32. The molecule has 2 aromatic heterocycles. The summed E-state index contributed by atoms with van der Waals surface area (Å²) in [6, 6.07) is 10.4. The van der Waals surface area contributed by atoms with Gasteiger partial charge in [-0.05, 0) is 78.1 Å². The van der Waals surface area contributed by atoms with E-state index in [-0.39, 0.29) is 23.4 Å². The number of aromatic nitrogens is 2. The summed E-state index contributed by atoms with van der Waals surface area (Å²) in [5.41, 5.74) is 0.844. The van der Waals surface area contributed by atoms with Gasteiger partial charge in [0.05, 0.1) is 0 Å². The summed E-state index contributed by atoms with van der Waals surface area (Å²) < 4.78 is 5.83. The fourth-order valence-corrected chi connectivity index (χ4v) is 4.28. The number of Topliss-reactive ketones (excluding diaryl/α,β-unsaturated/α-hetero) is 2. The van der Waals surface area contributed by atoms with Crippen molar-refractivity contribution < 1.29 is 14.3 Å². The average Bonchev–Trinajstić information content (AvgIpc) is 2.79. The Kier molecular flexibility index (Phi) is 6.73. The molecule has 4 heterocycles. The molecule has 0 spiro atoms. The number of nitrogens with zero attached hydrogens (tertiary/aromatic N) is 4. The lowest BCUT2D eigenvalue weighted by Crippen LogP contribution is -2.33. The highest BCUT2D eigenvalue weighted by molar-refractivity contribution is 5.96. The van der Waals surface area contributed by atoms with E-state index in [1.54, 1.807) is 36.4 Å². The molecular formula is C24H30N4O3.